The van der Waals surface area contributed by atoms with E-state index in [2.05, 4.69) is 9.88 Å². The van der Waals surface area contributed by atoms with Crippen LogP contribution < -0.4 is 15.4 Å². The van der Waals surface area contributed by atoms with Crippen molar-refractivity contribution >= 4 is 11.7 Å². The van der Waals surface area contributed by atoms with Crippen LogP contribution in [0.1, 0.15) is 13.8 Å². The highest BCUT2D eigenvalue weighted by Crippen LogP contribution is 2.20. The third kappa shape index (κ3) is 3.64. The van der Waals surface area contributed by atoms with E-state index in [9.17, 15) is 4.79 Å². The molecule has 0 saturated carbocycles. The van der Waals surface area contributed by atoms with E-state index in [1.165, 1.54) is 0 Å². The van der Waals surface area contributed by atoms with Crippen molar-refractivity contribution in [2.45, 2.75) is 19.9 Å². The maximum atomic E-state index is 12.3. The summed E-state index contributed by atoms with van der Waals surface area (Å²) in [4.78, 5) is 20.7. The average Bonchev–Trinajstić information content (AvgIpc) is 2.53. The van der Waals surface area contributed by atoms with Crippen LogP contribution in [0.4, 0.5) is 5.82 Å². The van der Waals surface area contributed by atoms with Crippen LogP contribution in [0.3, 0.4) is 0 Å². The SMILES string of the molecule is COc1ccnc(N2CCN(C(=O)C(C)C(C)N)CC2)c1. The first kappa shape index (κ1) is 15.6. The Morgan fingerprint density at radius 2 is 2.00 bits per heavy atom. The second-order valence-corrected chi connectivity index (χ2v) is 5.51. The summed E-state index contributed by atoms with van der Waals surface area (Å²) in [5, 5.41) is 0. The molecule has 2 heterocycles. The van der Waals surface area contributed by atoms with E-state index in [1.807, 2.05) is 30.9 Å². The van der Waals surface area contributed by atoms with Crippen molar-refractivity contribution < 1.29 is 9.53 Å². The van der Waals surface area contributed by atoms with Gasteiger partial charge in [-0.25, -0.2) is 4.98 Å². The van der Waals surface area contributed by atoms with E-state index in [-0.39, 0.29) is 17.9 Å². The van der Waals surface area contributed by atoms with Gasteiger partial charge in [0.1, 0.15) is 11.6 Å². The fourth-order valence-electron chi connectivity index (χ4n) is 2.37. The number of rotatable bonds is 4. The number of carbonyl (C=O) groups excluding carboxylic acids is 1. The Bertz CT molecular complexity index is 484. The van der Waals surface area contributed by atoms with Crippen LogP contribution in [-0.4, -0.2) is 55.1 Å². The minimum Gasteiger partial charge on any atom is -0.497 e. The quantitative estimate of drug-likeness (QED) is 0.885. The van der Waals surface area contributed by atoms with E-state index in [0.29, 0.717) is 13.1 Å². The van der Waals surface area contributed by atoms with E-state index >= 15 is 0 Å². The van der Waals surface area contributed by atoms with Crippen molar-refractivity contribution in [3.8, 4) is 5.75 Å². The number of pyridine rings is 1. The van der Waals surface area contributed by atoms with Gasteiger partial charge in [-0.1, -0.05) is 6.92 Å². The van der Waals surface area contributed by atoms with Gasteiger partial charge in [-0.2, -0.15) is 0 Å². The summed E-state index contributed by atoms with van der Waals surface area (Å²) >= 11 is 0. The molecule has 0 aromatic carbocycles. The Labute approximate surface area is 125 Å². The van der Waals surface area contributed by atoms with Crippen LogP contribution in [-0.2, 0) is 4.79 Å². The van der Waals surface area contributed by atoms with Gasteiger partial charge in [0.05, 0.1) is 13.0 Å². The number of amides is 1. The number of piperazine rings is 1. The summed E-state index contributed by atoms with van der Waals surface area (Å²) in [6.45, 7) is 6.72. The second kappa shape index (κ2) is 6.76. The lowest BCUT2D eigenvalue weighted by Gasteiger charge is -2.37. The molecule has 2 rings (SSSR count). The fraction of sp³-hybridized carbons (Fsp3) is 0.600. The van der Waals surface area contributed by atoms with Crippen LogP contribution in [0.5, 0.6) is 5.75 Å². The van der Waals surface area contributed by atoms with Crippen molar-refractivity contribution in [1.82, 2.24) is 9.88 Å². The molecule has 0 spiro atoms. The van der Waals surface area contributed by atoms with Crippen molar-refractivity contribution in [2.24, 2.45) is 11.7 Å². The molecule has 2 N–H and O–H groups in total. The number of hydrogen-bond acceptors (Lipinski definition) is 5. The lowest BCUT2D eigenvalue weighted by atomic mass is 10.0. The highest BCUT2D eigenvalue weighted by molar-refractivity contribution is 5.79. The number of anilines is 1. The van der Waals surface area contributed by atoms with Crippen molar-refractivity contribution in [3.63, 3.8) is 0 Å². The van der Waals surface area contributed by atoms with Crippen LogP contribution in [0, 0.1) is 5.92 Å². The molecule has 1 aromatic rings. The van der Waals surface area contributed by atoms with E-state index in [0.717, 1.165) is 24.7 Å². The van der Waals surface area contributed by atoms with E-state index < -0.39 is 0 Å². The lowest BCUT2D eigenvalue weighted by Crippen LogP contribution is -2.52. The molecule has 1 amide bonds. The zero-order valence-corrected chi connectivity index (χ0v) is 13.0. The topological polar surface area (TPSA) is 71.7 Å². The van der Waals surface area contributed by atoms with Gasteiger partial charge < -0.3 is 20.3 Å². The number of ether oxygens (including phenoxy) is 1. The zero-order valence-electron chi connectivity index (χ0n) is 13.0. The van der Waals surface area contributed by atoms with Gasteiger partial charge in [0.2, 0.25) is 5.91 Å². The molecule has 1 saturated heterocycles. The van der Waals surface area contributed by atoms with Gasteiger partial charge >= 0.3 is 0 Å². The standard InChI is InChI=1S/C15H24N4O2/c1-11(12(2)16)15(20)19-8-6-18(7-9-19)14-10-13(21-3)4-5-17-14/h4-5,10-12H,6-9,16H2,1-3H3. The van der Waals surface area contributed by atoms with Gasteiger partial charge in [0, 0.05) is 44.5 Å². The van der Waals surface area contributed by atoms with Crippen LogP contribution in [0.15, 0.2) is 18.3 Å². The minimum atomic E-state index is -0.133. The number of hydrogen-bond donors (Lipinski definition) is 1. The van der Waals surface area contributed by atoms with E-state index in [1.54, 1.807) is 13.3 Å². The molecule has 1 aliphatic heterocycles. The van der Waals surface area contributed by atoms with Crippen molar-refractivity contribution in [3.05, 3.63) is 18.3 Å². The molecule has 0 bridgehead atoms. The molecule has 1 fully saturated rings. The minimum absolute atomic E-state index is 0.115. The third-order valence-electron chi connectivity index (χ3n) is 4.05. The number of carbonyl (C=O) groups is 1. The Morgan fingerprint density at radius 3 is 2.57 bits per heavy atom. The lowest BCUT2D eigenvalue weighted by molar-refractivity contribution is -0.135. The monoisotopic (exact) mass is 292 g/mol. The Morgan fingerprint density at radius 1 is 1.33 bits per heavy atom. The highest BCUT2D eigenvalue weighted by atomic mass is 16.5. The molecule has 1 aliphatic rings. The van der Waals surface area contributed by atoms with Crippen LogP contribution in [0.25, 0.3) is 0 Å². The van der Waals surface area contributed by atoms with Crippen LogP contribution >= 0.6 is 0 Å². The van der Waals surface area contributed by atoms with Gasteiger partial charge in [0.25, 0.3) is 0 Å². The molecule has 0 aliphatic carbocycles. The highest BCUT2D eigenvalue weighted by Gasteiger charge is 2.27. The predicted octanol–water partition coefficient (Wildman–Crippen LogP) is 0.722. The summed E-state index contributed by atoms with van der Waals surface area (Å²) in [5.74, 6) is 1.69. The number of methoxy groups -OCH3 is 1. The first-order valence-electron chi connectivity index (χ1n) is 7.32. The zero-order chi connectivity index (χ0) is 15.4. The van der Waals surface area contributed by atoms with Crippen molar-refractivity contribution in [1.29, 1.82) is 0 Å². The molecule has 116 valence electrons. The molecular formula is C15H24N4O2. The Balaban J connectivity index is 1.95. The summed E-state index contributed by atoms with van der Waals surface area (Å²) < 4.78 is 5.22. The van der Waals surface area contributed by atoms with Gasteiger partial charge in [-0.3, -0.25) is 4.79 Å². The number of aromatic nitrogens is 1. The predicted molar refractivity (Wildman–Crippen MR) is 82.4 cm³/mol. The first-order valence-corrected chi connectivity index (χ1v) is 7.32. The smallest absolute Gasteiger partial charge is 0.227 e. The molecule has 6 heteroatoms. The summed E-state index contributed by atoms with van der Waals surface area (Å²) in [5.41, 5.74) is 5.81. The summed E-state index contributed by atoms with van der Waals surface area (Å²) in [7, 11) is 1.64. The van der Waals surface area contributed by atoms with Gasteiger partial charge in [-0.15, -0.1) is 0 Å². The van der Waals surface area contributed by atoms with Crippen molar-refractivity contribution in [2.75, 3.05) is 38.2 Å². The molecular weight excluding hydrogens is 268 g/mol. The maximum Gasteiger partial charge on any atom is 0.227 e. The second-order valence-electron chi connectivity index (χ2n) is 5.51. The maximum absolute atomic E-state index is 12.3. The first-order chi connectivity index (χ1) is 10.0. The number of nitrogens with zero attached hydrogens (tertiary/aromatic N) is 3. The molecule has 1 aromatic heterocycles. The Kier molecular flexibility index (Phi) is 5.01. The molecule has 6 nitrogen and oxygen atoms in total. The fourth-order valence-corrected chi connectivity index (χ4v) is 2.37. The molecule has 2 unspecified atom stereocenters. The molecule has 0 radical (unpaired) electrons. The summed E-state index contributed by atoms with van der Waals surface area (Å²) in [6.07, 6.45) is 1.74. The van der Waals surface area contributed by atoms with Gasteiger partial charge in [-0.05, 0) is 13.0 Å². The normalized spacial score (nSPS) is 18.3. The summed E-state index contributed by atoms with van der Waals surface area (Å²) in [6, 6.07) is 3.63. The third-order valence-corrected chi connectivity index (χ3v) is 4.05. The molecule has 21 heavy (non-hydrogen) atoms. The molecule has 2 atom stereocenters. The Hall–Kier alpha value is -1.82. The average molecular weight is 292 g/mol. The van der Waals surface area contributed by atoms with Crippen LogP contribution in [0.2, 0.25) is 0 Å². The van der Waals surface area contributed by atoms with Gasteiger partial charge in [0.15, 0.2) is 0 Å². The number of nitrogens with two attached hydrogens (primary N) is 1. The van der Waals surface area contributed by atoms with E-state index in [4.69, 9.17) is 10.5 Å². The largest absolute Gasteiger partial charge is 0.497 e.